The Morgan fingerprint density at radius 3 is 2.68 bits per heavy atom. The standard InChI is InChI=1S/C25H27N3O3/c1-17-25(30)28(22-8-4-5-9-23(22)31-17)15-12-24(29)27-13-10-18(11-14-27)20-16-26-21-7-3-2-6-19(20)21/h2-9,16-18,26H,10-15H2,1H3. The van der Waals surface area contributed by atoms with E-state index in [2.05, 4.69) is 29.4 Å². The van der Waals surface area contributed by atoms with Gasteiger partial charge < -0.3 is 19.5 Å². The summed E-state index contributed by atoms with van der Waals surface area (Å²) in [6.07, 6.45) is 3.84. The minimum Gasteiger partial charge on any atom is -0.479 e. The van der Waals surface area contributed by atoms with Gasteiger partial charge in [0.15, 0.2) is 6.10 Å². The number of carbonyl (C=O) groups is 2. The first-order valence-electron chi connectivity index (χ1n) is 11.0. The maximum atomic E-state index is 12.9. The van der Waals surface area contributed by atoms with Crippen LogP contribution in [-0.2, 0) is 9.59 Å². The highest BCUT2D eigenvalue weighted by Gasteiger charge is 2.32. The van der Waals surface area contributed by atoms with Gasteiger partial charge in [-0.05, 0) is 49.4 Å². The molecule has 0 aliphatic carbocycles. The number of nitrogens with zero attached hydrogens (tertiary/aromatic N) is 2. The Hall–Kier alpha value is -3.28. The number of carbonyl (C=O) groups excluding carboxylic acids is 2. The molecule has 1 unspecified atom stereocenters. The van der Waals surface area contributed by atoms with E-state index in [4.69, 9.17) is 4.74 Å². The number of aromatic amines is 1. The fourth-order valence-corrected chi connectivity index (χ4v) is 4.83. The molecule has 5 rings (SSSR count). The maximum absolute atomic E-state index is 12.9. The van der Waals surface area contributed by atoms with Gasteiger partial charge in [-0.3, -0.25) is 9.59 Å². The third-order valence-electron chi connectivity index (χ3n) is 6.53. The van der Waals surface area contributed by atoms with E-state index in [0.29, 0.717) is 24.6 Å². The van der Waals surface area contributed by atoms with E-state index in [-0.39, 0.29) is 11.8 Å². The molecule has 0 radical (unpaired) electrons. The fraction of sp³-hybridized carbons (Fsp3) is 0.360. The minimum atomic E-state index is -0.531. The molecule has 1 N–H and O–H groups in total. The van der Waals surface area contributed by atoms with Crippen LogP contribution in [0.1, 0.15) is 37.7 Å². The summed E-state index contributed by atoms with van der Waals surface area (Å²) in [5.74, 6) is 1.18. The quantitative estimate of drug-likeness (QED) is 0.696. The van der Waals surface area contributed by atoms with Gasteiger partial charge in [0, 0.05) is 43.2 Å². The highest BCUT2D eigenvalue weighted by molar-refractivity contribution is 6.00. The van der Waals surface area contributed by atoms with Gasteiger partial charge >= 0.3 is 0 Å². The van der Waals surface area contributed by atoms with Crippen molar-refractivity contribution in [3.05, 3.63) is 60.3 Å². The van der Waals surface area contributed by atoms with Crippen molar-refractivity contribution in [1.82, 2.24) is 9.88 Å². The van der Waals surface area contributed by atoms with Crippen LogP contribution in [0.25, 0.3) is 10.9 Å². The lowest BCUT2D eigenvalue weighted by Gasteiger charge is -2.35. The lowest BCUT2D eigenvalue weighted by atomic mass is 9.89. The van der Waals surface area contributed by atoms with E-state index in [1.54, 1.807) is 11.8 Å². The molecule has 3 heterocycles. The van der Waals surface area contributed by atoms with Crippen LogP contribution in [0.15, 0.2) is 54.7 Å². The van der Waals surface area contributed by atoms with Crippen molar-refractivity contribution in [3.8, 4) is 5.75 Å². The summed E-state index contributed by atoms with van der Waals surface area (Å²) in [6, 6.07) is 15.9. The second-order valence-corrected chi connectivity index (χ2v) is 8.41. The Kier molecular flexibility index (Phi) is 5.14. The molecule has 0 bridgehead atoms. The molecule has 3 aromatic rings. The highest BCUT2D eigenvalue weighted by Crippen LogP contribution is 2.35. The molecule has 1 fully saturated rings. The molecular formula is C25H27N3O3. The Morgan fingerprint density at radius 2 is 1.84 bits per heavy atom. The van der Waals surface area contributed by atoms with Crippen molar-refractivity contribution in [2.75, 3.05) is 24.5 Å². The Labute approximate surface area is 181 Å². The number of hydrogen-bond acceptors (Lipinski definition) is 3. The van der Waals surface area contributed by atoms with Crippen LogP contribution in [0.3, 0.4) is 0 Å². The van der Waals surface area contributed by atoms with Crippen LogP contribution >= 0.6 is 0 Å². The van der Waals surface area contributed by atoms with Crippen LogP contribution in [0.5, 0.6) is 5.75 Å². The first kappa shape index (κ1) is 19.7. The van der Waals surface area contributed by atoms with Crippen LogP contribution in [0.4, 0.5) is 5.69 Å². The fourth-order valence-electron chi connectivity index (χ4n) is 4.83. The Morgan fingerprint density at radius 1 is 1.10 bits per heavy atom. The Balaban J connectivity index is 1.20. The number of para-hydroxylation sites is 3. The highest BCUT2D eigenvalue weighted by atomic mass is 16.5. The molecule has 1 aromatic heterocycles. The van der Waals surface area contributed by atoms with Crippen LogP contribution in [-0.4, -0.2) is 47.4 Å². The van der Waals surface area contributed by atoms with Crippen molar-refractivity contribution >= 4 is 28.4 Å². The summed E-state index contributed by atoms with van der Waals surface area (Å²) in [6.45, 7) is 3.65. The SMILES string of the molecule is CC1Oc2ccccc2N(CCC(=O)N2CCC(c3c[nH]c4ccccc34)CC2)C1=O. The molecule has 2 amide bonds. The molecule has 2 aromatic carbocycles. The maximum Gasteiger partial charge on any atom is 0.267 e. The molecule has 1 atom stereocenters. The zero-order valence-electron chi connectivity index (χ0n) is 17.7. The zero-order chi connectivity index (χ0) is 21.4. The van der Waals surface area contributed by atoms with E-state index in [0.717, 1.165) is 31.6 Å². The number of H-pyrrole nitrogens is 1. The normalized spacial score (nSPS) is 19.4. The second kappa shape index (κ2) is 8.10. The number of hydrogen-bond donors (Lipinski definition) is 1. The van der Waals surface area contributed by atoms with Crippen molar-refractivity contribution in [3.63, 3.8) is 0 Å². The number of nitrogens with one attached hydrogen (secondary N) is 1. The predicted molar refractivity (Wildman–Crippen MR) is 120 cm³/mol. The molecule has 0 saturated carbocycles. The Bertz CT molecular complexity index is 1110. The number of benzene rings is 2. The number of amides is 2. The topological polar surface area (TPSA) is 65.6 Å². The molecule has 0 spiro atoms. The number of likely N-dealkylation sites (tertiary alicyclic amines) is 1. The molecule has 6 nitrogen and oxygen atoms in total. The monoisotopic (exact) mass is 417 g/mol. The van der Waals surface area contributed by atoms with Gasteiger partial charge in [0.1, 0.15) is 5.75 Å². The first-order valence-corrected chi connectivity index (χ1v) is 11.0. The van der Waals surface area contributed by atoms with Crippen LogP contribution < -0.4 is 9.64 Å². The number of ether oxygens (including phenoxy) is 1. The van der Waals surface area contributed by atoms with Gasteiger partial charge in [0.25, 0.3) is 5.91 Å². The molecule has 31 heavy (non-hydrogen) atoms. The molecular weight excluding hydrogens is 390 g/mol. The number of fused-ring (bicyclic) bond motifs is 2. The zero-order valence-corrected chi connectivity index (χ0v) is 17.7. The average Bonchev–Trinajstić information content (AvgIpc) is 3.23. The van der Waals surface area contributed by atoms with Gasteiger partial charge in [0.05, 0.1) is 5.69 Å². The molecule has 2 aliphatic rings. The summed E-state index contributed by atoms with van der Waals surface area (Å²) in [5, 5.41) is 1.28. The number of anilines is 1. The number of rotatable bonds is 4. The summed E-state index contributed by atoms with van der Waals surface area (Å²) in [5.41, 5.74) is 3.27. The second-order valence-electron chi connectivity index (χ2n) is 8.41. The molecule has 160 valence electrons. The number of piperidine rings is 1. The first-order chi connectivity index (χ1) is 15.1. The largest absolute Gasteiger partial charge is 0.479 e. The van der Waals surface area contributed by atoms with Gasteiger partial charge in [-0.15, -0.1) is 0 Å². The van der Waals surface area contributed by atoms with E-state index in [9.17, 15) is 9.59 Å². The third-order valence-corrected chi connectivity index (χ3v) is 6.53. The molecule has 1 saturated heterocycles. The van der Waals surface area contributed by atoms with Crippen molar-refractivity contribution in [2.45, 2.75) is 38.2 Å². The van der Waals surface area contributed by atoms with Crippen LogP contribution in [0, 0.1) is 0 Å². The smallest absolute Gasteiger partial charge is 0.267 e. The van der Waals surface area contributed by atoms with E-state index >= 15 is 0 Å². The van der Waals surface area contributed by atoms with Crippen molar-refractivity contribution < 1.29 is 14.3 Å². The lowest BCUT2D eigenvalue weighted by molar-refractivity contribution is -0.132. The average molecular weight is 418 g/mol. The molecule has 2 aliphatic heterocycles. The van der Waals surface area contributed by atoms with Gasteiger partial charge in [-0.2, -0.15) is 0 Å². The van der Waals surface area contributed by atoms with Gasteiger partial charge in [-0.1, -0.05) is 30.3 Å². The van der Waals surface area contributed by atoms with Crippen LogP contribution in [0.2, 0.25) is 0 Å². The van der Waals surface area contributed by atoms with E-state index < -0.39 is 6.10 Å². The van der Waals surface area contributed by atoms with Gasteiger partial charge in [0.2, 0.25) is 5.91 Å². The summed E-state index contributed by atoms with van der Waals surface area (Å²) in [4.78, 5) is 32.5. The van der Waals surface area contributed by atoms with Gasteiger partial charge in [-0.25, -0.2) is 0 Å². The number of aromatic nitrogens is 1. The van der Waals surface area contributed by atoms with Crippen molar-refractivity contribution in [2.24, 2.45) is 0 Å². The third kappa shape index (κ3) is 3.67. The van der Waals surface area contributed by atoms with E-state index in [1.165, 1.54) is 16.5 Å². The van der Waals surface area contributed by atoms with Crippen molar-refractivity contribution in [1.29, 1.82) is 0 Å². The summed E-state index contributed by atoms with van der Waals surface area (Å²) < 4.78 is 5.69. The minimum absolute atomic E-state index is 0.0930. The summed E-state index contributed by atoms with van der Waals surface area (Å²) in [7, 11) is 0. The lowest BCUT2D eigenvalue weighted by Crippen LogP contribution is -2.46. The molecule has 6 heteroatoms. The predicted octanol–water partition coefficient (Wildman–Crippen LogP) is 4.08. The summed E-state index contributed by atoms with van der Waals surface area (Å²) >= 11 is 0. The van der Waals surface area contributed by atoms with E-state index in [1.807, 2.05) is 35.2 Å².